The molecule has 1 amide bonds. The van der Waals surface area contributed by atoms with Gasteiger partial charge in [-0.15, -0.1) is 0 Å². The molecule has 7 nitrogen and oxygen atoms in total. The molecule has 0 unspecified atom stereocenters. The highest BCUT2D eigenvalue weighted by Crippen LogP contribution is 2.11. The predicted octanol–water partition coefficient (Wildman–Crippen LogP) is 0.474. The number of rotatable bonds is 5. The Morgan fingerprint density at radius 2 is 1.61 bits per heavy atom. The Bertz CT molecular complexity index is 616. The van der Waals surface area contributed by atoms with Gasteiger partial charge < -0.3 is 14.4 Å². The number of ketones is 2. The Hall–Kier alpha value is -2.54. The summed E-state index contributed by atoms with van der Waals surface area (Å²) >= 11 is 0. The minimum Gasteiger partial charge on any atom is -0.463 e. The lowest BCUT2D eigenvalue weighted by Crippen LogP contribution is -2.40. The van der Waals surface area contributed by atoms with Crippen molar-refractivity contribution in [3.8, 4) is 0 Å². The van der Waals surface area contributed by atoms with E-state index in [0.717, 1.165) is 7.11 Å². The first-order valence-corrected chi connectivity index (χ1v) is 7.14. The van der Waals surface area contributed by atoms with E-state index in [2.05, 4.69) is 4.74 Å². The molecule has 1 aromatic rings. The molecule has 0 aromatic heterocycles. The zero-order valence-electron chi connectivity index (χ0n) is 12.7. The van der Waals surface area contributed by atoms with Crippen LogP contribution >= 0.6 is 0 Å². The number of methoxy groups -OCH3 is 1. The van der Waals surface area contributed by atoms with Gasteiger partial charge in [0, 0.05) is 24.2 Å². The van der Waals surface area contributed by atoms with E-state index in [1.807, 2.05) is 0 Å². The van der Waals surface area contributed by atoms with E-state index in [-0.39, 0.29) is 11.5 Å². The van der Waals surface area contributed by atoms with Gasteiger partial charge in [-0.3, -0.25) is 14.4 Å². The topological polar surface area (TPSA) is 90.0 Å². The van der Waals surface area contributed by atoms with Crippen molar-refractivity contribution in [3.63, 3.8) is 0 Å². The maximum atomic E-state index is 12.3. The van der Waals surface area contributed by atoms with Gasteiger partial charge in [0.2, 0.25) is 5.78 Å². The molecule has 1 aliphatic heterocycles. The van der Waals surface area contributed by atoms with Crippen LogP contribution in [0.15, 0.2) is 24.3 Å². The molecule has 122 valence electrons. The lowest BCUT2D eigenvalue weighted by atomic mass is 10.0. The van der Waals surface area contributed by atoms with Crippen LogP contribution in [-0.2, 0) is 19.1 Å². The fraction of sp³-hybridized carbons (Fsp3) is 0.375. The Labute approximate surface area is 133 Å². The monoisotopic (exact) mass is 319 g/mol. The van der Waals surface area contributed by atoms with Crippen molar-refractivity contribution >= 4 is 23.4 Å². The molecule has 0 aliphatic carbocycles. The molecular formula is C16H17NO6. The molecule has 0 N–H and O–H groups in total. The van der Waals surface area contributed by atoms with Crippen LogP contribution in [0.4, 0.5) is 0 Å². The second-order valence-corrected chi connectivity index (χ2v) is 5.00. The van der Waals surface area contributed by atoms with Gasteiger partial charge >= 0.3 is 5.97 Å². The predicted molar refractivity (Wildman–Crippen MR) is 79.1 cm³/mol. The lowest BCUT2D eigenvalue weighted by Gasteiger charge is -2.26. The highest BCUT2D eigenvalue weighted by atomic mass is 16.5. The standard InChI is InChI=1S/C16H17NO6/c1-22-16(21)14(19)10-13(18)11-2-4-12(5-3-11)15(20)17-6-8-23-9-7-17/h2-5H,6-10H2,1H3. The smallest absolute Gasteiger partial charge is 0.374 e. The third-order valence-electron chi connectivity index (χ3n) is 3.49. The summed E-state index contributed by atoms with van der Waals surface area (Å²) in [6.45, 7) is 2.09. The van der Waals surface area contributed by atoms with E-state index >= 15 is 0 Å². The summed E-state index contributed by atoms with van der Waals surface area (Å²) in [4.78, 5) is 48.2. The van der Waals surface area contributed by atoms with E-state index in [0.29, 0.717) is 31.9 Å². The van der Waals surface area contributed by atoms with Crippen LogP contribution in [-0.4, -0.2) is 61.8 Å². The number of amides is 1. The summed E-state index contributed by atoms with van der Waals surface area (Å²) in [7, 11) is 1.08. The van der Waals surface area contributed by atoms with Crippen molar-refractivity contribution in [2.24, 2.45) is 0 Å². The number of morpholine rings is 1. The molecule has 0 spiro atoms. The second-order valence-electron chi connectivity index (χ2n) is 5.00. The first-order valence-electron chi connectivity index (χ1n) is 7.14. The van der Waals surface area contributed by atoms with Gasteiger partial charge in [-0.1, -0.05) is 12.1 Å². The first-order chi connectivity index (χ1) is 11.0. The van der Waals surface area contributed by atoms with Gasteiger partial charge in [0.05, 0.1) is 26.7 Å². The molecule has 23 heavy (non-hydrogen) atoms. The molecule has 7 heteroatoms. The number of hydrogen-bond donors (Lipinski definition) is 0. The third-order valence-corrected chi connectivity index (χ3v) is 3.49. The van der Waals surface area contributed by atoms with Crippen LogP contribution in [0.5, 0.6) is 0 Å². The highest BCUT2D eigenvalue weighted by molar-refractivity contribution is 6.38. The van der Waals surface area contributed by atoms with Gasteiger partial charge in [0.15, 0.2) is 5.78 Å². The number of carbonyl (C=O) groups is 4. The Morgan fingerprint density at radius 1 is 1.04 bits per heavy atom. The van der Waals surface area contributed by atoms with Gasteiger partial charge in [-0.2, -0.15) is 0 Å². The van der Waals surface area contributed by atoms with E-state index in [1.165, 1.54) is 24.3 Å². The van der Waals surface area contributed by atoms with Crippen molar-refractivity contribution < 1.29 is 28.7 Å². The lowest BCUT2D eigenvalue weighted by molar-refractivity contribution is -0.151. The quantitative estimate of drug-likeness (QED) is 0.339. The van der Waals surface area contributed by atoms with Gasteiger partial charge in [0.25, 0.3) is 5.91 Å². The number of nitrogens with zero attached hydrogens (tertiary/aromatic N) is 1. The van der Waals surface area contributed by atoms with Gasteiger partial charge in [0.1, 0.15) is 0 Å². The van der Waals surface area contributed by atoms with Gasteiger partial charge in [-0.05, 0) is 12.1 Å². The number of Topliss-reactive ketones (excluding diaryl/α,β-unsaturated/α-hetero) is 2. The zero-order chi connectivity index (χ0) is 16.8. The average molecular weight is 319 g/mol. The molecule has 0 atom stereocenters. The highest BCUT2D eigenvalue weighted by Gasteiger charge is 2.21. The molecule has 1 heterocycles. The van der Waals surface area contributed by atoms with Crippen LogP contribution in [0.25, 0.3) is 0 Å². The van der Waals surface area contributed by atoms with E-state index < -0.39 is 24.0 Å². The first kappa shape index (κ1) is 16.8. The van der Waals surface area contributed by atoms with Crippen molar-refractivity contribution in [1.82, 2.24) is 4.90 Å². The Balaban J connectivity index is 2.01. The van der Waals surface area contributed by atoms with Crippen molar-refractivity contribution in [1.29, 1.82) is 0 Å². The molecule has 0 bridgehead atoms. The summed E-state index contributed by atoms with van der Waals surface area (Å²) < 4.78 is 9.46. The summed E-state index contributed by atoms with van der Waals surface area (Å²) in [5.74, 6) is -2.56. The van der Waals surface area contributed by atoms with E-state index in [4.69, 9.17) is 4.74 Å². The van der Waals surface area contributed by atoms with Crippen molar-refractivity contribution in [2.75, 3.05) is 33.4 Å². The number of hydrogen-bond acceptors (Lipinski definition) is 6. The summed E-state index contributed by atoms with van der Waals surface area (Å²) in [5.41, 5.74) is 0.725. The van der Waals surface area contributed by atoms with Crippen molar-refractivity contribution in [2.45, 2.75) is 6.42 Å². The number of ether oxygens (including phenoxy) is 2. The second kappa shape index (κ2) is 7.64. The summed E-state index contributed by atoms with van der Waals surface area (Å²) in [6, 6.07) is 6.02. The maximum Gasteiger partial charge on any atom is 0.374 e. The Morgan fingerprint density at radius 3 is 2.17 bits per heavy atom. The normalized spacial score (nSPS) is 14.2. The zero-order valence-corrected chi connectivity index (χ0v) is 12.7. The van der Waals surface area contributed by atoms with Crippen LogP contribution in [0.2, 0.25) is 0 Å². The number of carbonyl (C=O) groups excluding carboxylic acids is 4. The minimum atomic E-state index is -1.04. The molecule has 2 rings (SSSR count). The fourth-order valence-electron chi connectivity index (χ4n) is 2.18. The van der Waals surface area contributed by atoms with E-state index in [9.17, 15) is 19.2 Å². The molecule has 1 aliphatic rings. The maximum absolute atomic E-state index is 12.3. The molecule has 0 radical (unpaired) electrons. The van der Waals surface area contributed by atoms with Crippen LogP contribution in [0, 0.1) is 0 Å². The van der Waals surface area contributed by atoms with Crippen molar-refractivity contribution in [3.05, 3.63) is 35.4 Å². The van der Waals surface area contributed by atoms with E-state index in [1.54, 1.807) is 4.90 Å². The van der Waals surface area contributed by atoms with Gasteiger partial charge in [-0.25, -0.2) is 4.79 Å². The number of esters is 1. The fourth-order valence-corrected chi connectivity index (χ4v) is 2.18. The molecule has 1 saturated heterocycles. The van der Waals surface area contributed by atoms with Crippen LogP contribution < -0.4 is 0 Å². The summed E-state index contributed by atoms with van der Waals surface area (Å²) in [6.07, 6.45) is -0.552. The molecule has 1 fully saturated rings. The third kappa shape index (κ3) is 4.23. The largest absolute Gasteiger partial charge is 0.463 e. The SMILES string of the molecule is COC(=O)C(=O)CC(=O)c1ccc(C(=O)N2CCOCC2)cc1. The number of benzene rings is 1. The van der Waals surface area contributed by atoms with Crippen LogP contribution in [0.3, 0.4) is 0 Å². The average Bonchev–Trinajstić information content (AvgIpc) is 2.61. The Kier molecular flexibility index (Phi) is 5.59. The molecule has 1 aromatic carbocycles. The molecular weight excluding hydrogens is 302 g/mol. The summed E-state index contributed by atoms with van der Waals surface area (Å²) in [5, 5.41) is 0. The van der Waals surface area contributed by atoms with Crippen LogP contribution in [0.1, 0.15) is 27.1 Å². The minimum absolute atomic E-state index is 0.127. The molecule has 0 saturated carbocycles.